The van der Waals surface area contributed by atoms with Gasteiger partial charge in [0.1, 0.15) is 5.56 Å². The molecule has 0 unspecified atom stereocenters. The molecule has 0 saturated carbocycles. The van der Waals surface area contributed by atoms with Crippen molar-refractivity contribution in [2.75, 3.05) is 5.73 Å². The molecule has 0 spiro atoms. The van der Waals surface area contributed by atoms with Crippen molar-refractivity contribution in [3.8, 4) is 0 Å². The molecule has 0 radical (unpaired) electrons. The predicted molar refractivity (Wildman–Crippen MR) is 48.4 cm³/mol. The number of aromatic nitrogens is 2. The van der Waals surface area contributed by atoms with E-state index in [9.17, 15) is 18.0 Å². The van der Waals surface area contributed by atoms with Crippen LogP contribution in [0.25, 0.3) is 0 Å². The number of aliphatic carboxylic acids is 1. The highest BCUT2D eigenvalue weighted by Crippen LogP contribution is 2.13. The number of anilines is 1. The number of aryl methyl sites for hydroxylation is 1. The highest BCUT2D eigenvalue weighted by molar-refractivity contribution is 5.93. The fourth-order valence-electron chi connectivity index (χ4n) is 0.718. The highest BCUT2D eigenvalue weighted by atomic mass is 19.4. The Kier molecular flexibility index (Phi) is 4.50. The van der Waals surface area contributed by atoms with E-state index in [1.165, 1.54) is 0 Å². The molecular formula is C7H8F3N3O4. The van der Waals surface area contributed by atoms with Crippen LogP contribution < -0.4 is 5.73 Å². The average Bonchev–Trinajstić information content (AvgIpc) is 2.45. The molecule has 0 atom stereocenters. The van der Waals surface area contributed by atoms with Crippen LogP contribution in [-0.2, 0) is 4.79 Å². The quantitative estimate of drug-likeness (QED) is 0.582. The molecule has 96 valence electrons. The Balaban J connectivity index is 0.000000325. The number of alkyl halides is 3. The number of rotatable bonds is 1. The number of carbonyl (C=O) groups is 2. The summed E-state index contributed by atoms with van der Waals surface area (Å²) in [4.78, 5) is 19.3. The van der Waals surface area contributed by atoms with Crippen LogP contribution in [0.2, 0.25) is 0 Å². The first-order valence-electron chi connectivity index (χ1n) is 3.91. The van der Waals surface area contributed by atoms with Gasteiger partial charge in [-0.2, -0.15) is 18.3 Å². The van der Waals surface area contributed by atoms with Crippen molar-refractivity contribution in [3.05, 3.63) is 11.3 Å². The maximum Gasteiger partial charge on any atom is 0.490 e. The summed E-state index contributed by atoms with van der Waals surface area (Å²) in [7, 11) is 0. The van der Waals surface area contributed by atoms with Crippen LogP contribution in [0.1, 0.15) is 16.1 Å². The normalized spacial score (nSPS) is 10.4. The SMILES string of the molecule is Cc1[nH]nc(N)c1C(=O)O.O=C(O)C(F)(F)F. The van der Waals surface area contributed by atoms with Gasteiger partial charge in [-0.3, -0.25) is 5.10 Å². The molecule has 5 N–H and O–H groups in total. The van der Waals surface area contributed by atoms with Crippen molar-refractivity contribution in [2.45, 2.75) is 13.1 Å². The number of carboxylic acids is 2. The van der Waals surface area contributed by atoms with E-state index in [4.69, 9.17) is 20.7 Å². The van der Waals surface area contributed by atoms with Gasteiger partial charge in [-0.05, 0) is 6.92 Å². The van der Waals surface area contributed by atoms with Crippen LogP contribution >= 0.6 is 0 Å². The molecule has 1 rings (SSSR count). The molecule has 0 fully saturated rings. The molecule has 17 heavy (non-hydrogen) atoms. The first-order chi connectivity index (χ1) is 7.57. The molecule has 10 heteroatoms. The maximum absolute atomic E-state index is 10.6. The van der Waals surface area contributed by atoms with Crippen LogP contribution in [0.5, 0.6) is 0 Å². The van der Waals surface area contributed by atoms with Crippen molar-refractivity contribution >= 4 is 17.8 Å². The van der Waals surface area contributed by atoms with Gasteiger partial charge in [-0.15, -0.1) is 0 Å². The Morgan fingerprint density at radius 3 is 1.88 bits per heavy atom. The summed E-state index contributed by atoms with van der Waals surface area (Å²) in [5, 5.41) is 21.6. The van der Waals surface area contributed by atoms with Crippen LogP contribution in [0, 0.1) is 6.92 Å². The highest BCUT2D eigenvalue weighted by Gasteiger charge is 2.38. The maximum atomic E-state index is 10.6. The van der Waals surface area contributed by atoms with E-state index in [2.05, 4.69) is 10.2 Å². The van der Waals surface area contributed by atoms with Crippen molar-refractivity contribution in [1.82, 2.24) is 10.2 Å². The number of carboxylic acid groups (broad SMARTS) is 2. The topological polar surface area (TPSA) is 129 Å². The second-order valence-electron chi connectivity index (χ2n) is 2.72. The fourth-order valence-corrected chi connectivity index (χ4v) is 0.718. The average molecular weight is 255 g/mol. The number of H-pyrrole nitrogens is 1. The largest absolute Gasteiger partial charge is 0.490 e. The van der Waals surface area contributed by atoms with Crippen molar-refractivity contribution in [2.24, 2.45) is 0 Å². The molecule has 1 aromatic heterocycles. The lowest BCUT2D eigenvalue weighted by Crippen LogP contribution is -2.21. The van der Waals surface area contributed by atoms with E-state index in [0.717, 1.165) is 0 Å². The summed E-state index contributed by atoms with van der Waals surface area (Å²) in [5.41, 5.74) is 5.75. The van der Waals surface area contributed by atoms with E-state index >= 15 is 0 Å². The lowest BCUT2D eigenvalue weighted by Gasteiger charge is -1.93. The molecule has 1 aromatic rings. The van der Waals surface area contributed by atoms with Gasteiger partial charge >= 0.3 is 18.1 Å². The van der Waals surface area contributed by atoms with Crippen molar-refractivity contribution < 1.29 is 33.0 Å². The third-order valence-electron chi connectivity index (χ3n) is 1.43. The molecule has 0 aromatic carbocycles. The first kappa shape index (κ1) is 14.7. The molecule has 7 nitrogen and oxygen atoms in total. The number of aromatic carboxylic acids is 1. The number of nitrogen functional groups attached to an aromatic ring is 1. The van der Waals surface area contributed by atoms with Gasteiger partial charge in [0.05, 0.1) is 0 Å². The van der Waals surface area contributed by atoms with Gasteiger partial charge in [-0.25, -0.2) is 9.59 Å². The minimum Gasteiger partial charge on any atom is -0.477 e. The molecule has 0 saturated heterocycles. The van der Waals surface area contributed by atoms with E-state index in [-0.39, 0.29) is 11.4 Å². The van der Waals surface area contributed by atoms with E-state index < -0.39 is 18.1 Å². The minimum atomic E-state index is -5.08. The van der Waals surface area contributed by atoms with Crippen LogP contribution in [-0.4, -0.2) is 38.5 Å². The number of hydrogen-bond donors (Lipinski definition) is 4. The summed E-state index contributed by atoms with van der Waals surface area (Å²) in [6, 6.07) is 0. The zero-order chi connectivity index (χ0) is 13.8. The molecule has 0 aliphatic carbocycles. The molecule has 0 aliphatic heterocycles. The third kappa shape index (κ3) is 4.40. The van der Waals surface area contributed by atoms with Gasteiger partial charge in [-0.1, -0.05) is 0 Å². The summed E-state index contributed by atoms with van der Waals surface area (Å²) < 4.78 is 31.7. The van der Waals surface area contributed by atoms with E-state index in [1.54, 1.807) is 6.92 Å². The van der Waals surface area contributed by atoms with Gasteiger partial charge in [0.15, 0.2) is 5.82 Å². The van der Waals surface area contributed by atoms with Gasteiger partial charge in [0, 0.05) is 5.69 Å². The zero-order valence-corrected chi connectivity index (χ0v) is 8.37. The Bertz CT molecular complexity index is 407. The fraction of sp³-hybridized carbons (Fsp3) is 0.286. The molecule has 1 heterocycles. The number of hydrogen-bond acceptors (Lipinski definition) is 4. The molecular weight excluding hydrogens is 247 g/mol. The Hall–Kier alpha value is -2.26. The number of aromatic amines is 1. The molecule has 0 aliphatic rings. The molecule has 0 amide bonds. The van der Waals surface area contributed by atoms with Gasteiger partial charge in [0.2, 0.25) is 0 Å². The van der Waals surface area contributed by atoms with E-state index in [0.29, 0.717) is 5.69 Å². The van der Waals surface area contributed by atoms with Crippen LogP contribution in [0.15, 0.2) is 0 Å². The Morgan fingerprint density at radius 2 is 1.76 bits per heavy atom. The second-order valence-corrected chi connectivity index (χ2v) is 2.72. The number of nitrogens with one attached hydrogen (secondary N) is 1. The lowest BCUT2D eigenvalue weighted by molar-refractivity contribution is -0.192. The minimum absolute atomic E-state index is 0.0324. The zero-order valence-electron chi connectivity index (χ0n) is 8.37. The molecule has 0 bridgehead atoms. The third-order valence-corrected chi connectivity index (χ3v) is 1.43. The number of halogens is 3. The number of nitrogens with zero attached hydrogens (tertiary/aromatic N) is 1. The smallest absolute Gasteiger partial charge is 0.477 e. The Morgan fingerprint density at radius 1 is 1.35 bits per heavy atom. The first-order valence-corrected chi connectivity index (χ1v) is 3.91. The monoisotopic (exact) mass is 255 g/mol. The second kappa shape index (κ2) is 5.18. The summed E-state index contributed by atoms with van der Waals surface area (Å²) in [6.07, 6.45) is -5.08. The summed E-state index contributed by atoms with van der Waals surface area (Å²) in [6.45, 7) is 1.60. The van der Waals surface area contributed by atoms with Gasteiger partial charge < -0.3 is 15.9 Å². The summed E-state index contributed by atoms with van der Waals surface area (Å²) >= 11 is 0. The van der Waals surface area contributed by atoms with Crippen LogP contribution in [0.3, 0.4) is 0 Å². The standard InChI is InChI=1S/C5H7N3O2.C2HF3O2/c1-2-3(5(9)10)4(6)8-7-2;3-2(4,5)1(6)7/h1H3,(H,9,10)(H3,6,7,8);(H,6,7). The summed E-state index contributed by atoms with van der Waals surface area (Å²) in [5.74, 6) is -3.78. The van der Waals surface area contributed by atoms with Crippen molar-refractivity contribution in [3.63, 3.8) is 0 Å². The van der Waals surface area contributed by atoms with Crippen LogP contribution in [0.4, 0.5) is 19.0 Å². The van der Waals surface area contributed by atoms with E-state index in [1.807, 2.05) is 0 Å². The Labute approximate surface area is 92.0 Å². The lowest BCUT2D eigenvalue weighted by atomic mass is 10.2. The predicted octanol–water partition coefficient (Wildman–Crippen LogP) is 0.632. The van der Waals surface area contributed by atoms with Crippen molar-refractivity contribution in [1.29, 1.82) is 0 Å². The number of nitrogens with two attached hydrogens (primary N) is 1. The van der Waals surface area contributed by atoms with Gasteiger partial charge in [0.25, 0.3) is 0 Å².